The number of rotatable bonds is 8. The van der Waals surface area contributed by atoms with E-state index in [-0.39, 0.29) is 17.4 Å². The minimum absolute atomic E-state index is 0.0360. The number of carbonyl (C=O) groups is 1. The van der Waals surface area contributed by atoms with Crippen LogP contribution < -0.4 is 14.8 Å². The van der Waals surface area contributed by atoms with Gasteiger partial charge >= 0.3 is 6.61 Å². The van der Waals surface area contributed by atoms with E-state index in [0.717, 1.165) is 11.1 Å². The third-order valence-corrected chi connectivity index (χ3v) is 4.85. The fourth-order valence-electron chi connectivity index (χ4n) is 2.61. The smallest absolute Gasteiger partial charge is 0.387 e. The Labute approximate surface area is 168 Å². The number of anilines is 1. The van der Waals surface area contributed by atoms with Crippen molar-refractivity contribution in [1.29, 1.82) is 0 Å². The Morgan fingerprint density at radius 1 is 1.25 bits per heavy atom. The van der Waals surface area contributed by atoms with E-state index in [1.54, 1.807) is 44.3 Å². The number of nitrogens with zero attached hydrogens (tertiary/aromatic N) is 1. The van der Waals surface area contributed by atoms with Gasteiger partial charge in [0.2, 0.25) is 5.91 Å². The van der Waals surface area contributed by atoms with Crippen LogP contribution >= 0.6 is 11.6 Å². The molecule has 0 aliphatic rings. The Kier molecular flexibility index (Phi) is 7.60. The maximum absolute atomic E-state index is 12.6. The van der Waals surface area contributed by atoms with E-state index < -0.39 is 12.7 Å². The summed E-state index contributed by atoms with van der Waals surface area (Å²) in [5, 5.41) is 3.46. The van der Waals surface area contributed by atoms with Crippen molar-refractivity contribution in [3.05, 3.63) is 52.5 Å². The van der Waals surface area contributed by atoms with E-state index >= 15 is 0 Å². The first-order valence-corrected chi connectivity index (χ1v) is 8.98. The second-order valence-corrected chi connectivity index (χ2v) is 6.76. The Bertz CT molecular complexity index is 833. The predicted octanol–water partition coefficient (Wildman–Crippen LogP) is 4.72. The molecule has 2 aromatic carbocycles. The summed E-state index contributed by atoms with van der Waals surface area (Å²) in [7, 11) is 3.18. The predicted molar refractivity (Wildman–Crippen MR) is 105 cm³/mol. The van der Waals surface area contributed by atoms with Crippen molar-refractivity contribution < 1.29 is 23.0 Å². The van der Waals surface area contributed by atoms with Gasteiger partial charge in [-0.05, 0) is 56.3 Å². The number of carbonyl (C=O) groups excluding carboxylic acids is 1. The topological polar surface area (TPSA) is 50.8 Å². The van der Waals surface area contributed by atoms with Crippen LogP contribution in [0.1, 0.15) is 18.1 Å². The van der Waals surface area contributed by atoms with Crippen LogP contribution in [0.15, 0.2) is 36.4 Å². The van der Waals surface area contributed by atoms with Crippen molar-refractivity contribution in [2.24, 2.45) is 0 Å². The van der Waals surface area contributed by atoms with E-state index in [9.17, 15) is 13.6 Å². The molecular weight excluding hydrogens is 390 g/mol. The van der Waals surface area contributed by atoms with Gasteiger partial charge in [-0.15, -0.1) is 0 Å². The lowest BCUT2D eigenvalue weighted by Crippen LogP contribution is -2.39. The normalized spacial score (nSPS) is 12.2. The molecule has 0 aromatic heterocycles. The standard InChI is InChI=1S/C20H23ClF2N2O3/c1-12-15(21)6-5-7-16(12)24-19(26)13(2)25(3)11-14-8-9-17(28-20(22)23)18(10-14)27-4/h5-10,13,20H,11H2,1-4H3,(H,24,26). The first kappa shape index (κ1) is 21.9. The van der Waals surface area contributed by atoms with E-state index in [1.165, 1.54) is 13.2 Å². The Hall–Kier alpha value is -2.38. The van der Waals surface area contributed by atoms with Crippen molar-refractivity contribution in [3.8, 4) is 11.5 Å². The van der Waals surface area contributed by atoms with Crippen molar-refractivity contribution in [2.75, 3.05) is 19.5 Å². The summed E-state index contributed by atoms with van der Waals surface area (Å²) in [6, 6.07) is 9.57. The number of halogens is 3. The molecule has 1 atom stereocenters. The van der Waals surface area contributed by atoms with Crippen molar-refractivity contribution in [1.82, 2.24) is 4.90 Å². The van der Waals surface area contributed by atoms with Gasteiger partial charge in [0.25, 0.3) is 0 Å². The SMILES string of the molecule is COc1cc(CN(C)C(C)C(=O)Nc2cccc(Cl)c2C)ccc1OC(F)F. The summed E-state index contributed by atoms with van der Waals surface area (Å²) in [4.78, 5) is 14.4. The lowest BCUT2D eigenvalue weighted by molar-refractivity contribution is -0.120. The minimum atomic E-state index is -2.93. The molecule has 0 saturated heterocycles. The van der Waals surface area contributed by atoms with Crippen LogP contribution in [0, 0.1) is 6.92 Å². The number of likely N-dealkylation sites (N-methyl/N-ethyl adjacent to an activating group) is 1. The lowest BCUT2D eigenvalue weighted by Gasteiger charge is -2.24. The molecule has 0 aliphatic carbocycles. The molecule has 5 nitrogen and oxygen atoms in total. The van der Waals surface area contributed by atoms with Gasteiger partial charge in [-0.2, -0.15) is 8.78 Å². The molecule has 28 heavy (non-hydrogen) atoms. The molecule has 0 spiro atoms. The number of benzene rings is 2. The summed E-state index contributed by atoms with van der Waals surface area (Å²) < 4.78 is 34.4. The van der Waals surface area contributed by atoms with Crippen LogP contribution in [0.5, 0.6) is 11.5 Å². The monoisotopic (exact) mass is 412 g/mol. The number of methoxy groups -OCH3 is 1. The van der Waals surface area contributed by atoms with Crippen LogP contribution in [-0.4, -0.2) is 37.6 Å². The van der Waals surface area contributed by atoms with Gasteiger partial charge in [0, 0.05) is 17.3 Å². The van der Waals surface area contributed by atoms with Crippen LogP contribution in [0.25, 0.3) is 0 Å². The first-order valence-electron chi connectivity index (χ1n) is 8.61. The minimum Gasteiger partial charge on any atom is -0.493 e. The fourth-order valence-corrected chi connectivity index (χ4v) is 2.78. The third-order valence-electron chi connectivity index (χ3n) is 4.44. The number of alkyl halides is 2. The Morgan fingerprint density at radius 2 is 1.96 bits per heavy atom. The van der Waals surface area contributed by atoms with Gasteiger partial charge in [-0.1, -0.05) is 23.7 Å². The van der Waals surface area contributed by atoms with Crippen molar-refractivity contribution >= 4 is 23.2 Å². The van der Waals surface area contributed by atoms with E-state index in [1.807, 2.05) is 11.8 Å². The summed E-state index contributed by atoms with van der Waals surface area (Å²) in [5.41, 5.74) is 2.25. The van der Waals surface area contributed by atoms with Crippen molar-refractivity contribution in [3.63, 3.8) is 0 Å². The molecule has 0 fully saturated rings. The van der Waals surface area contributed by atoms with E-state index in [4.69, 9.17) is 16.3 Å². The highest BCUT2D eigenvalue weighted by Gasteiger charge is 2.20. The fraction of sp³-hybridized carbons (Fsp3) is 0.350. The summed E-state index contributed by atoms with van der Waals surface area (Å²) >= 11 is 6.09. The molecule has 0 bridgehead atoms. The molecule has 0 aliphatic heterocycles. The molecule has 8 heteroatoms. The molecule has 0 heterocycles. The van der Waals surface area contributed by atoms with Gasteiger partial charge in [0.1, 0.15) is 0 Å². The molecule has 1 N–H and O–H groups in total. The average molecular weight is 413 g/mol. The molecule has 2 rings (SSSR count). The lowest BCUT2D eigenvalue weighted by atomic mass is 10.1. The van der Waals surface area contributed by atoms with Crippen LogP contribution in [0.3, 0.4) is 0 Å². The van der Waals surface area contributed by atoms with Gasteiger partial charge in [0.05, 0.1) is 13.2 Å². The number of hydrogen-bond donors (Lipinski definition) is 1. The summed E-state index contributed by atoms with van der Waals surface area (Å²) in [6.07, 6.45) is 0. The molecular formula is C20H23ClF2N2O3. The third kappa shape index (κ3) is 5.56. The molecule has 0 saturated carbocycles. The quantitative estimate of drug-likeness (QED) is 0.681. The van der Waals surface area contributed by atoms with Gasteiger partial charge in [-0.25, -0.2) is 0 Å². The highest BCUT2D eigenvalue weighted by Crippen LogP contribution is 2.30. The average Bonchev–Trinajstić information content (AvgIpc) is 2.65. The zero-order valence-corrected chi connectivity index (χ0v) is 16.9. The summed E-state index contributed by atoms with van der Waals surface area (Å²) in [5.74, 6) is -0.0125. The van der Waals surface area contributed by atoms with Crippen LogP contribution in [0.4, 0.5) is 14.5 Å². The molecule has 152 valence electrons. The van der Waals surface area contributed by atoms with Crippen LogP contribution in [0.2, 0.25) is 5.02 Å². The van der Waals surface area contributed by atoms with E-state index in [0.29, 0.717) is 17.3 Å². The number of nitrogens with one attached hydrogen (secondary N) is 1. The maximum atomic E-state index is 12.6. The first-order chi connectivity index (χ1) is 13.2. The highest BCUT2D eigenvalue weighted by molar-refractivity contribution is 6.31. The molecule has 0 radical (unpaired) electrons. The molecule has 1 amide bonds. The van der Waals surface area contributed by atoms with Crippen molar-refractivity contribution in [2.45, 2.75) is 33.0 Å². The molecule has 1 unspecified atom stereocenters. The number of amides is 1. The van der Waals surface area contributed by atoms with Gasteiger partial charge in [0.15, 0.2) is 11.5 Å². The Balaban J connectivity index is 2.06. The zero-order chi connectivity index (χ0) is 20.8. The van der Waals surface area contributed by atoms with Gasteiger partial charge in [-0.3, -0.25) is 9.69 Å². The highest BCUT2D eigenvalue weighted by atomic mass is 35.5. The molecule has 2 aromatic rings. The second-order valence-electron chi connectivity index (χ2n) is 6.36. The largest absolute Gasteiger partial charge is 0.493 e. The van der Waals surface area contributed by atoms with Crippen LogP contribution in [-0.2, 0) is 11.3 Å². The summed E-state index contributed by atoms with van der Waals surface area (Å²) in [6.45, 7) is 1.10. The Morgan fingerprint density at radius 3 is 2.61 bits per heavy atom. The zero-order valence-electron chi connectivity index (χ0n) is 16.1. The number of hydrogen-bond acceptors (Lipinski definition) is 4. The number of ether oxygens (including phenoxy) is 2. The maximum Gasteiger partial charge on any atom is 0.387 e. The second kappa shape index (κ2) is 9.71. The van der Waals surface area contributed by atoms with Gasteiger partial charge < -0.3 is 14.8 Å². The van der Waals surface area contributed by atoms with E-state index in [2.05, 4.69) is 10.1 Å².